The van der Waals surface area contributed by atoms with Crippen molar-refractivity contribution in [1.82, 2.24) is 15.5 Å². The van der Waals surface area contributed by atoms with Gasteiger partial charge in [-0.15, -0.1) is 0 Å². The summed E-state index contributed by atoms with van der Waals surface area (Å²) in [4.78, 5) is 14.3. The fourth-order valence-electron chi connectivity index (χ4n) is 2.41. The quantitative estimate of drug-likeness (QED) is 0.738. The van der Waals surface area contributed by atoms with Crippen LogP contribution in [0.3, 0.4) is 0 Å². The molecule has 19 heavy (non-hydrogen) atoms. The number of likely N-dealkylation sites (tertiary alicyclic amines) is 1. The molecule has 0 aromatic heterocycles. The lowest BCUT2D eigenvalue weighted by atomic mass is 9.97. The molecule has 1 rings (SSSR count). The Morgan fingerprint density at radius 1 is 1.26 bits per heavy atom. The summed E-state index contributed by atoms with van der Waals surface area (Å²) in [5, 5.41) is 6.35. The van der Waals surface area contributed by atoms with Gasteiger partial charge in [0.25, 0.3) is 0 Å². The van der Waals surface area contributed by atoms with Crippen LogP contribution in [0.15, 0.2) is 0 Å². The minimum atomic E-state index is -0.0920. The number of piperidine rings is 1. The number of hydrogen-bond donors (Lipinski definition) is 2. The second-order valence-electron chi connectivity index (χ2n) is 6.29. The maximum Gasteiger partial charge on any atom is 0.234 e. The van der Waals surface area contributed by atoms with E-state index in [9.17, 15) is 4.79 Å². The van der Waals surface area contributed by atoms with Crippen molar-refractivity contribution in [2.24, 2.45) is 5.92 Å². The summed E-state index contributed by atoms with van der Waals surface area (Å²) in [5.41, 5.74) is -0.0920. The number of carbonyl (C=O) groups is 1. The summed E-state index contributed by atoms with van der Waals surface area (Å²) >= 11 is 0. The number of hydrogen-bond acceptors (Lipinski definition) is 3. The summed E-state index contributed by atoms with van der Waals surface area (Å²) < 4.78 is 0. The summed E-state index contributed by atoms with van der Waals surface area (Å²) in [6.45, 7) is 13.4. The third kappa shape index (κ3) is 6.39. The smallest absolute Gasteiger partial charge is 0.234 e. The average Bonchev–Trinajstić information content (AvgIpc) is 2.39. The SMILES string of the molecule is CCN1CCC(CNCC(=O)NC(C)(C)CC)CC1. The zero-order valence-corrected chi connectivity index (χ0v) is 13.1. The molecule has 0 atom stereocenters. The predicted molar refractivity (Wildman–Crippen MR) is 80.2 cm³/mol. The first-order chi connectivity index (χ1) is 8.96. The highest BCUT2D eigenvalue weighted by atomic mass is 16.2. The summed E-state index contributed by atoms with van der Waals surface area (Å²) in [6, 6.07) is 0. The molecule has 1 saturated heterocycles. The van der Waals surface area contributed by atoms with Gasteiger partial charge in [0.2, 0.25) is 5.91 Å². The number of amides is 1. The largest absolute Gasteiger partial charge is 0.350 e. The number of carbonyl (C=O) groups excluding carboxylic acids is 1. The van der Waals surface area contributed by atoms with Crippen LogP contribution >= 0.6 is 0 Å². The van der Waals surface area contributed by atoms with E-state index in [1.54, 1.807) is 0 Å². The maximum atomic E-state index is 11.8. The molecule has 0 aromatic carbocycles. The Balaban J connectivity index is 2.12. The topological polar surface area (TPSA) is 44.4 Å². The normalized spacial score (nSPS) is 18.5. The first kappa shape index (κ1) is 16.4. The molecule has 1 fully saturated rings. The highest BCUT2D eigenvalue weighted by molar-refractivity contribution is 5.78. The summed E-state index contributed by atoms with van der Waals surface area (Å²) in [6.07, 6.45) is 3.46. The van der Waals surface area contributed by atoms with E-state index in [1.807, 2.05) is 0 Å². The van der Waals surface area contributed by atoms with Gasteiger partial charge in [0.05, 0.1) is 6.54 Å². The number of nitrogens with one attached hydrogen (secondary N) is 2. The van der Waals surface area contributed by atoms with Crippen LogP contribution in [0.2, 0.25) is 0 Å². The van der Waals surface area contributed by atoms with Gasteiger partial charge in [-0.2, -0.15) is 0 Å². The minimum Gasteiger partial charge on any atom is -0.350 e. The van der Waals surface area contributed by atoms with Gasteiger partial charge in [0.15, 0.2) is 0 Å². The second kappa shape index (κ2) is 7.85. The highest BCUT2D eigenvalue weighted by Crippen LogP contribution is 2.15. The first-order valence-electron chi connectivity index (χ1n) is 7.71. The summed E-state index contributed by atoms with van der Waals surface area (Å²) in [7, 11) is 0. The van der Waals surface area contributed by atoms with E-state index in [0.29, 0.717) is 6.54 Å². The van der Waals surface area contributed by atoms with Crippen LogP contribution in [-0.4, -0.2) is 49.1 Å². The Labute approximate surface area is 118 Å². The van der Waals surface area contributed by atoms with E-state index in [0.717, 1.165) is 25.4 Å². The molecule has 1 heterocycles. The van der Waals surface area contributed by atoms with Crippen LogP contribution in [0.1, 0.15) is 47.0 Å². The van der Waals surface area contributed by atoms with E-state index in [-0.39, 0.29) is 11.4 Å². The minimum absolute atomic E-state index is 0.0920. The Morgan fingerprint density at radius 2 is 1.89 bits per heavy atom. The molecule has 4 nitrogen and oxygen atoms in total. The van der Waals surface area contributed by atoms with E-state index < -0.39 is 0 Å². The molecule has 0 radical (unpaired) electrons. The van der Waals surface area contributed by atoms with Crippen molar-refractivity contribution in [2.45, 2.75) is 52.5 Å². The summed E-state index contributed by atoms with van der Waals surface area (Å²) in [5.74, 6) is 0.840. The lowest BCUT2D eigenvalue weighted by Crippen LogP contribution is -2.47. The third-order valence-electron chi connectivity index (χ3n) is 4.23. The van der Waals surface area contributed by atoms with Gasteiger partial charge >= 0.3 is 0 Å². The van der Waals surface area contributed by atoms with Crippen molar-refractivity contribution in [2.75, 3.05) is 32.7 Å². The van der Waals surface area contributed by atoms with Crippen LogP contribution in [-0.2, 0) is 4.79 Å². The molecule has 1 aliphatic rings. The van der Waals surface area contributed by atoms with Gasteiger partial charge in [0.1, 0.15) is 0 Å². The van der Waals surface area contributed by atoms with E-state index in [1.165, 1.54) is 25.9 Å². The van der Waals surface area contributed by atoms with Crippen LogP contribution in [0.4, 0.5) is 0 Å². The van der Waals surface area contributed by atoms with Gasteiger partial charge in [-0.25, -0.2) is 0 Å². The van der Waals surface area contributed by atoms with Crippen molar-refractivity contribution >= 4 is 5.91 Å². The Hall–Kier alpha value is -0.610. The van der Waals surface area contributed by atoms with Gasteiger partial charge in [-0.05, 0) is 65.2 Å². The molecule has 0 unspecified atom stereocenters. The molecule has 1 amide bonds. The van der Waals surface area contributed by atoms with Gasteiger partial charge in [-0.1, -0.05) is 13.8 Å². The molecule has 112 valence electrons. The molecule has 0 saturated carbocycles. The molecule has 0 aliphatic carbocycles. The van der Waals surface area contributed by atoms with Crippen molar-refractivity contribution < 1.29 is 4.79 Å². The molecule has 4 heteroatoms. The van der Waals surface area contributed by atoms with Crippen molar-refractivity contribution in [3.05, 3.63) is 0 Å². The second-order valence-corrected chi connectivity index (χ2v) is 6.29. The average molecular weight is 269 g/mol. The Morgan fingerprint density at radius 3 is 2.42 bits per heavy atom. The van der Waals surface area contributed by atoms with Crippen LogP contribution in [0, 0.1) is 5.92 Å². The molecular weight excluding hydrogens is 238 g/mol. The fourth-order valence-corrected chi connectivity index (χ4v) is 2.41. The molecule has 1 aliphatic heterocycles. The Kier molecular flexibility index (Phi) is 6.80. The number of rotatable bonds is 7. The fraction of sp³-hybridized carbons (Fsp3) is 0.933. The lowest BCUT2D eigenvalue weighted by molar-refractivity contribution is -0.121. The van der Waals surface area contributed by atoms with E-state index in [2.05, 4.69) is 43.2 Å². The van der Waals surface area contributed by atoms with Crippen LogP contribution in [0.25, 0.3) is 0 Å². The standard InChI is InChI=1S/C15H31N3O/c1-5-15(3,4)17-14(19)12-16-11-13-7-9-18(6-2)10-8-13/h13,16H,5-12H2,1-4H3,(H,17,19). The zero-order valence-electron chi connectivity index (χ0n) is 13.1. The molecule has 0 bridgehead atoms. The van der Waals surface area contributed by atoms with Crippen molar-refractivity contribution in [1.29, 1.82) is 0 Å². The van der Waals surface area contributed by atoms with E-state index >= 15 is 0 Å². The first-order valence-corrected chi connectivity index (χ1v) is 7.71. The van der Waals surface area contributed by atoms with E-state index in [4.69, 9.17) is 0 Å². The predicted octanol–water partition coefficient (Wildman–Crippen LogP) is 1.61. The van der Waals surface area contributed by atoms with Crippen LogP contribution in [0.5, 0.6) is 0 Å². The van der Waals surface area contributed by atoms with Gasteiger partial charge < -0.3 is 15.5 Å². The monoisotopic (exact) mass is 269 g/mol. The maximum absolute atomic E-state index is 11.8. The molecule has 2 N–H and O–H groups in total. The van der Waals surface area contributed by atoms with Crippen molar-refractivity contribution in [3.8, 4) is 0 Å². The Bertz CT molecular complexity index is 271. The molecule has 0 spiro atoms. The highest BCUT2D eigenvalue weighted by Gasteiger charge is 2.19. The molecule has 0 aromatic rings. The third-order valence-corrected chi connectivity index (χ3v) is 4.23. The zero-order chi connectivity index (χ0) is 14.3. The lowest BCUT2D eigenvalue weighted by Gasteiger charge is -2.31. The van der Waals surface area contributed by atoms with Gasteiger partial charge in [-0.3, -0.25) is 4.79 Å². The number of nitrogens with zero attached hydrogens (tertiary/aromatic N) is 1. The van der Waals surface area contributed by atoms with Crippen molar-refractivity contribution in [3.63, 3.8) is 0 Å². The van der Waals surface area contributed by atoms with Gasteiger partial charge in [0, 0.05) is 5.54 Å². The molecular formula is C15H31N3O. The van der Waals surface area contributed by atoms with Crippen LogP contribution < -0.4 is 10.6 Å².